The number of nitrogens with one attached hydrogen (secondary N) is 1. The highest BCUT2D eigenvalue weighted by Crippen LogP contribution is 2.46. The number of carbonyl (C=O) groups is 1. The molecule has 0 bridgehead atoms. The second-order valence-corrected chi connectivity index (χ2v) is 5.66. The maximum Gasteiger partial charge on any atom is 0.224 e. The molecule has 1 N–H and O–H groups in total. The molecule has 104 valence electrons. The number of rotatable bonds is 3. The molecule has 0 spiro atoms. The molecular formula is C16H23NO2. The minimum absolute atomic E-state index is 0.0117. The topological polar surface area (TPSA) is 38.3 Å². The van der Waals surface area contributed by atoms with E-state index < -0.39 is 0 Å². The van der Waals surface area contributed by atoms with Crippen LogP contribution in [-0.2, 0) is 10.2 Å². The van der Waals surface area contributed by atoms with E-state index in [1.54, 1.807) is 7.11 Å². The van der Waals surface area contributed by atoms with Crippen molar-refractivity contribution in [1.29, 1.82) is 0 Å². The van der Waals surface area contributed by atoms with Crippen LogP contribution in [0.15, 0.2) is 18.2 Å². The van der Waals surface area contributed by atoms with E-state index in [9.17, 15) is 4.79 Å². The van der Waals surface area contributed by atoms with Gasteiger partial charge in [-0.15, -0.1) is 0 Å². The normalized spacial score (nSPS) is 24.1. The van der Waals surface area contributed by atoms with Gasteiger partial charge in [-0.1, -0.05) is 39.3 Å². The third kappa shape index (κ3) is 2.34. The zero-order valence-electron chi connectivity index (χ0n) is 12.2. The van der Waals surface area contributed by atoms with Crippen molar-refractivity contribution >= 4 is 11.6 Å². The van der Waals surface area contributed by atoms with Gasteiger partial charge in [0.05, 0.1) is 12.8 Å². The van der Waals surface area contributed by atoms with Crippen LogP contribution in [0.1, 0.15) is 45.6 Å². The van der Waals surface area contributed by atoms with E-state index in [0.29, 0.717) is 12.3 Å². The number of ether oxygens (including phenoxy) is 1. The Morgan fingerprint density at radius 2 is 2.21 bits per heavy atom. The molecule has 2 rings (SSSR count). The average Bonchev–Trinajstić information content (AvgIpc) is 2.56. The van der Waals surface area contributed by atoms with Crippen LogP contribution in [-0.4, -0.2) is 13.0 Å². The lowest BCUT2D eigenvalue weighted by atomic mass is 9.68. The minimum Gasteiger partial charge on any atom is -0.495 e. The van der Waals surface area contributed by atoms with E-state index in [4.69, 9.17) is 4.74 Å². The van der Waals surface area contributed by atoms with Gasteiger partial charge in [-0.3, -0.25) is 4.79 Å². The zero-order chi connectivity index (χ0) is 14.0. The molecule has 1 aromatic rings. The number of amides is 1. The highest BCUT2D eigenvalue weighted by Gasteiger charge is 2.37. The SMILES string of the molecule is CCC(C)C1(C)CCC(=O)Nc2c(OC)cccc21. The first-order chi connectivity index (χ1) is 9.02. The first kappa shape index (κ1) is 13.9. The second-order valence-electron chi connectivity index (χ2n) is 5.66. The summed E-state index contributed by atoms with van der Waals surface area (Å²) >= 11 is 0. The van der Waals surface area contributed by atoms with E-state index in [-0.39, 0.29) is 11.3 Å². The quantitative estimate of drug-likeness (QED) is 0.900. The van der Waals surface area contributed by atoms with Crippen LogP contribution in [0.25, 0.3) is 0 Å². The molecule has 0 aliphatic carbocycles. The van der Waals surface area contributed by atoms with E-state index in [1.165, 1.54) is 5.56 Å². The van der Waals surface area contributed by atoms with Gasteiger partial charge < -0.3 is 10.1 Å². The van der Waals surface area contributed by atoms with Crippen LogP contribution in [0, 0.1) is 5.92 Å². The van der Waals surface area contributed by atoms with Gasteiger partial charge in [0.1, 0.15) is 5.75 Å². The molecule has 1 aliphatic heterocycles. The Balaban J connectivity index is 2.60. The summed E-state index contributed by atoms with van der Waals surface area (Å²) in [7, 11) is 1.65. The molecule has 3 nitrogen and oxygen atoms in total. The van der Waals surface area contributed by atoms with Crippen LogP contribution in [0.5, 0.6) is 5.75 Å². The third-order valence-corrected chi connectivity index (χ3v) is 4.70. The predicted molar refractivity (Wildman–Crippen MR) is 77.7 cm³/mol. The molecule has 0 saturated heterocycles. The molecule has 0 radical (unpaired) electrons. The zero-order valence-corrected chi connectivity index (χ0v) is 12.2. The Kier molecular flexibility index (Phi) is 3.83. The van der Waals surface area contributed by atoms with Crippen LogP contribution in [0.3, 0.4) is 0 Å². The molecule has 0 aromatic heterocycles. The summed E-state index contributed by atoms with van der Waals surface area (Å²) in [6.07, 6.45) is 2.55. The second kappa shape index (κ2) is 5.24. The fourth-order valence-electron chi connectivity index (χ4n) is 2.98. The lowest BCUT2D eigenvalue weighted by Crippen LogP contribution is -2.29. The average molecular weight is 261 g/mol. The van der Waals surface area contributed by atoms with Gasteiger partial charge in [-0.25, -0.2) is 0 Å². The fourth-order valence-corrected chi connectivity index (χ4v) is 2.98. The van der Waals surface area contributed by atoms with Crippen LogP contribution in [0.2, 0.25) is 0 Å². The fraction of sp³-hybridized carbons (Fsp3) is 0.562. The molecule has 0 fully saturated rings. The number of fused-ring (bicyclic) bond motifs is 1. The van der Waals surface area contributed by atoms with Crippen molar-refractivity contribution in [2.45, 2.75) is 45.4 Å². The van der Waals surface area contributed by atoms with Crippen molar-refractivity contribution in [2.75, 3.05) is 12.4 Å². The number of para-hydroxylation sites is 1. The van der Waals surface area contributed by atoms with E-state index >= 15 is 0 Å². The van der Waals surface area contributed by atoms with Crippen molar-refractivity contribution in [2.24, 2.45) is 5.92 Å². The molecule has 2 atom stereocenters. The van der Waals surface area contributed by atoms with Crippen molar-refractivity contribution < 1.29 is 9.53 Å². The van der Waals surface area contributed by atoms with E-state index in [2.05, 4.69) is 32.2 Å². The van der Waals surface area contributed by atoms with Crippen LogP contribution in [0.4, 0.5) is 5.69 Å². The summed E-state index contributed by atoms with van der Waals surface area (Å²) in [6, 6.07) is 6.03. The summed E-state index contributed by atoms with van der Waals surface area (Å²) in [5, 5.41) is 3.01. The Bertz CT molecular complexity index is 484. The molecule has 2 unspecified atom stereocenters. The molecule has 0 saturated carbocycles. The summed E-state index contributed by atoms with van der Waals surface area (Å²) in [5.74, 6) is 1.35. The smallest absolute Gasteiger partial charge is 0.224 e. The predicted octanol–water partition coefficient (Wildman–Crippen LogP) is 3.73. The maximum atomic E-state index is 11.9. The van der Waals surface area contributed by atoms with E-state index in [0.717, 1.165) is 24.3 Å². The first-order valence-corrected chi connectivity index (χ1v) is 7.00. The third-order valence-electron chi connectivity index (χ3n) is 4.70. The van der Waals surface area contributed by atoms with Gasteiger partial charge in [-0.05, 0) is 29.4 Å². The molecule has 3 heteroatoms. The van der Waals surface area contributed by atoms with Gasteiger partial charge in [-0.2, -0.15) is 0 Å². The minimum atomic E-state index is 0.0117. The number of carbonyl (C=O) groups excluding carboxylic acids is 1. The highest BCUT2D eigenvalue weighted by molar-refractivity contribution is 5.94. The first-order valence-electron chi connectivity index (χ1n) is 7.00. The van der Waals surface area contributed by atoms with Gasteiger partial charge in [0, 0.05) is 6.42 Å². The molecule has 1 amide bonds. The summed E-state index contributed by atoms with van der Waals surface area (Å²) in [5.41, 5.74) is 2.07. The largest absolute Gasteiger partial charge is 0.495 e. The number of hydrogen-bond acceptors (Lipinski definition) is 2. The van der Waals surface area contributed by atoms with Gasteiger partial charge >= 0.3 is 0 Å². The number of methoxy groups -OCH3 is 1. The molecule has 1 aromatic carbocycles. The van der Waals surface area contributed by atoms with Crippen molar-refractivity contribution in [3.8, 4) is 5.75 Å². The standard InChI is InChI=1S/C16H23NO2/c1-5-11(2)16(3)10-9-14(18)17-15-12(16)7-6-8-13(15)19-4/h6-8,11H,5,9-10H2,1-4H3,(H,17,18). The summed E-state index contributed by atoms with van der Waals surface area (Å²) < 4.78 is 5.41. The molecule has 1 heterocycles. The molecular weight excluding hydrogens is 238 g/mol. The maximum absolute atomic E-state index is 11.9. The Labute approximate surface area is 115 Å². The lowest BCUT2D eigenvalue weighted by molar-refractivity contribution is -0.116. The Morgan fingerprint density at radius 3 is 2.84 bits per heavy atom. The van der Waals surface area contributed by atoms with Gasteiger partial charge in [0.2, 0.25) is 5.91 Å². The highest BCUT2D eigenvalue weighted by atomic mass is 16.5. The number of hydrogen-bond donors (Lipinski definition) is 1. The lowest BCUT2D eigenvalue weighted by Gasteiger charge is -2.36. The van der Waals surface area contributed by atoms with Crippen molar-refractivity contribution in [3.63, 3.8) is 0 Å². The molecule has 19 heavy (non-hydrogen) atoms. The monoisotopic (exact) mass is 261 g/mol. The van der Waals surface area contributed by atoms with Crippen molar-refractivity contribution in [1.82, 2.24) is 0 Å². The Morgan fingerprint density at radius 1 is 1.47 bits per heavy atom. The Hall–Kier alpha value is -1.51. The molecule has 1 aliphatic rings. The van der Waals surface area contributed by atoms with Gasteiger partial charge in [0.15, 0.2) is 0 Å². The van der Waals surface area contributed by atoms with Crippen LogP contribution < -0.4 is 10.1 Å². The summed E-state index contributed by atoms with van der Waals surface area (Å²) in [6.45, 7) is 6.73. The van der Waals surface area contributed by atoms with Crippen LogP contribution >= 0.6 is 0 Å². The van der Waals surface area contributed by atoms with Gasteiger partial charge in [0.25, 0.3) is 0 Å². The summed E-state index contributed by atoms with van der Waals surface area (Å²) in [4.78, 5) is 11.9. The van der Waals surface area contributed by atoms with Crippen molar-refractivity contribution in [3.05, 3.63) is 23.8 Å². The number of benzene rings is 1. The number of anilines is 1. The van der Waals surface area contributed by atoms with E-state index in [1.807, 2.05) is 12.1 Å².